The molecule has 1 aliphatic rings. The average Bonchev–Trinajstić information content (AvgIpc) is 2.72. The van der Waals surface area contributed by atoms with E-state index in [9.17, 15) is 5.11 Å². The number of phenolic OH excluding ortho intramolecular Hbond substituents is 1. The number of rotatable bonds is 3. The number of hydrazone groups is 1. The van der Waals surface area contributed by atoms with E-state index in [-0.39, 0.29) is 11.2 Å². The van der Waals surface area contributed by atoms with Crippen molar-refractivity contribution in [3.8, 4) is 5.75 Å². The largest absolute Gasteiger partial charge is 0.508 e. The second-order valence-corrected chi connectivity index (χ2v) is 6.95. The quantitative estimate of drug-likeness (QED) is 0.516. The molecule has 4 nitrogen and oxygen atoms in total. The van der Waals surface area contributed by atoms with Gasteiger partial charge in [0.15, 0.2) is 0 Å². The summed E-state index contributed by atoms with van der Waals surface area (Å²) in [5, 5.41) is 16.5. The smallest absolute Gasteiger partial charge is 0.212 e. The molecule has 0 unspecified atom stereocenters. The first-order chi connectivity index (χ1) is 11.3. The molecule has 0 spiro atoms. The molecule has 24 heavy (non-hydrogen) atoms. The Morgan fingerprint density at radius 2 is 1.83 bits per heavy atom. The molecule has 0 atom stereocenters. The van der Waals surface area contributed by atoms with E-state index < -0.39 is 0 Å². The first-order valence-corrected chi connectivity index (χ1v) is 8.16. The van der Waals surface area contributed by atoms with Crippen LogP contribution >= 0.6 is 11.6 Å². The Bertz CT molecular complexity index is 838. The number of hydrogen-bond donors (Lipinski definition) is 1. The van der Waals surface area contributed by atoms with Crippen molar-refractivity contribution in [3.05, 3.63) is 53.1 Å². The standard InChI is InChI=1S/C19H20ClN3O/c1-19(2)16-11-13(20)5-10-17(16)22(3)18(19)12-21-23(4)14-6-8-15(24)9-7-14/h5-12H,1-4H3/p+1. The summed E-state index contributed by atoms with van der Waals surface area (Å²) in [6, 6.07) is 12.9. The lowest BCUT2D eigenvalue weighted by molar-refractivity contribution is -0.400. The maximum absolute atomic E-state index is 9.39. The Morgan fingerprint density at radius 3 is 2.50 bits per heavy atom. The molecule has 0 fully saturated rings. The van der Waals surface area contributed by atoms with Crippen LogP contribution in [-0.2, 0) is 5.41 Å². The highest BCUT2D eigenvalue weighted by Gasteiger charge is 2.43. The molecule has 2 aromatic carbocycles. The van der Waals surface area contributed by atoms with E-state index in [2.05, 4.69) is 23.5 Å². The van der Waals surface area contributed by atoms with E-state index >= 15 is 0 Å². The third-order valence-corrected chi connectivity index (χ3v) is 4.81. The Kier molecular flexibility index (Phi) is 4.10. The highest BCUT2D eigenvalue weighted by Crippen LogP contribution is 2.39. The minimum Gasteiger partial charge on any atom is -0.508 e. The van der Waals surface area contributed by atoms with Gasteiger partial charge in [0.2, 0.25) is 11.4 Å². The van der Waals surface area contributed by atoms with Crippen molar-refractivity contribution < 1.29 is 9.68 Å². The van der Waals surface area contributed by atoms with Gasteiger partial charge >= 0.3 is 0 Å². The van der Waals surface area contributed by atoms with Crippen LogP contribution in [0.2, 0.25) is 5.02 Å². The topological polar surface area (TPSA) is 38.8 Å². The van der Waals surface area contributed by atoms with Crippen LogP contribution < -0.4 is 5.01 Å². The van der Waals surface area contributed by atoms with E-state index in [1.165, 1.54) is 5.56 Å². The second-order valence-electron chi connectivity index (χ2n) is 6.52. The number of fused-ring (bicyclic) bond motifs is 1. The molecular weight excluding hydrogens is 322 g/mol. The summed E-state index contributed by atoms with van der Waals surface area (Å²) in [7, 11) is 3.93. The minimum absolute atomic E-state index is 0.172. The number of halogens is 1. The fraction of sp³-hybridized carbons (Fsp3) is 0.263. The van der Waals surface area contributed by atoms with E-state index in [1.807, 2.05) is 50.6 Å². The monoisotopic (exact) mass is 342 g/mol. The van der Waals surface area contributed by atoms with Crippen molar-refractivity contribution in [2.75, 3.05) is 19.1 Å². The molecule has 0 radical (unpaired) electrons. The zero-order valence-electron chi connectivity index (χ0n) is 14.3. The zero-order chi connectivity index (χ0) is 17.5. The summed E-state index contributed by atoms with van der Waals surface area (Å²) in [6.45, 7) is 4.35. The molecule has 0 amide bonds. The molecule has 2 aromatic rings. The third-order valence-electron chi connectivity index (χ3n) is 4.57. The molecule has 0 saturated carbocycles. The summed E-state index contributed by atoms with van der Waals surface area (Å²) in [4.78, 5) is 0. The maximum atomic E-state index is 9.39. The van der Waals surface area contributed by atoms with Crippen LogP contribution in [0.25, 0.3) is 0 Å². The van der Waals surface area contributed by atoms with E-state index in [1.54, 1.807) is 17.1 Å². The molecule has 0 saturated heterocycles. The van der Waals surface area contributed by atoms with Gasteiger partial charge in [-0.05, 0) is 50.2 Å². The predicted octanol–water partition coefficient (Wildman–Crippen LogP) is 4.17. The summed E-state index contributed by atoms with van der Waals surface area (Å²) >= 11 is 6.18. The summed E-state index contributed by atoms with van der Waals surface area (Å²) in [6.07, 6.45) is 1.89. The molecule has 3 rings (SSSR count). The number of nitrogens with zero attached hydrogens (tertiary/aromatic N) is 3. The highest BCUT2D eigenvalue weighted by atomic mass is 35.5. The SMILES string of the molecule is CN(N=CC1=[N+](C)c2ccc(Cl)cc2C1(C)C)c1ccc(O)cc1. The van der Waals surface area contributed by atoms with Gasteiger partial charge < -0.3 is 5.11 Å². The number of phenols is 1. The van der Waals surface area contributed by atoms with Gasteiger partial charge in [0.1, 0.15) is 19.0 Å². The Morgan fingerprint density at radius 1 is 1.17 bits per heavy atom. The van der Waals surface area contributed by atoms with Crippen molar-refractivity contribution in [1.29, 1.82) is 0 Å². The lowest BCUT2D eigenvalue weighted by Gasteiger charge is -2.16. The van der Waals surface area contributed by atoms with Gasteiger partial charge in [-0.3, -0.25) is 5.01 Å². The first-order valence-electron chi connectivity index (χ1n) is 7.78. The summed E-state index contributed by atoms with van der Waals surface area (Å²) in [5.74, 6) is 0.245. The molecule has 5 heteroatoms. The number of hydrogen-bond acceptors (Lipinski definition) is 3. The lowest BCUT2D eigenvalue weighted by atomic mass is 9.82. The van der Waals surface area contributed by atoms with Gasteiger partial charge in [0, 0.05) is 23.7 Å². The van der Waals surface area contributed by atoms with Crippen molar-refractivity contribution in [1.82, 2.24) is 0 Å². The van der Waals surface area contributed by atoms with Crippen LogP contribution in [0.5, 0.6) is 5.75 Å². The molecule has 0 bridgehead atoms. The molecular formula is C19H21ClN3O+. The first kappa shape index (κ1) is 16.5. The van der Waals surface area contributed by atoms with Crippen LogP contribution in [0, 0.1) is 0 Å². The molecule has 1 heterocycles. The van der Waals surface area contributed by atoms with E-state index in [4.69, 9.17) is 11.6 Å². The van der Waals surface area contributed by atoms with Crippen LogP contribution in [0.4, 0.5) is 11.4 Å². The van der Waals surface area contributed by atoms with Gasteiger partial charge in [-0.2, -0.15) is 9.68 Å². The second kappa shape index (κ2) is 5.95. The zero-order valence-corrected chi connectivity index (χ0v) is 15.0. The van der Waals surface area contributed by atoms with Crippen LogP contribution in [-0.4, -0.2) is 35.7 Å². The highest BCUT2D eigenvalue weighted by molar-refractivity contribution is 6.34. The van der Waals surface area contributed by atoms with Gasteiger partial charge in [0.25, 0.3) is 0 Å². The number of aromatic hydroxyl groups is 1. The number of benzene rings is 2. The van der Waals surface area contributed by atoms with E-state index in [0.29, 0.717) is 0 Å². The molecule has 0 aromatic heterocycles. The van der Waals surface area contributed by atoms with E-state index in [0.717, 1.165) is 22.1 Å². The van der Waals surface area contributed by atoms with Gasteiger partial charge in [-0.15, -0.1) is 0 Å². The average molecular weight is 343 g/mol. The molecule has 1 N–H and O–H groups in total. The Labute approximate surface area is 147 Å². The fourth-order valence-electron chi connectivity index (χ4n) is 3.11. The van der Waals surface area contributed by atoms with Crippen molar-refractivity contribution in [2.45, 2.75) is 19.3 Å². The Balaban J connectivity index is 1.92. The predicted molar refractivity (Wildman–Crippen MR) is 100 cm³/mol. The normalized spacial score (nSPS) is 15.9. The summed E-state index contributed by atoms with van der Waals surface area (Å²) in [5.41, 5.74) is 4.19. The van der Waals surface area contributed by atoms with Crippen molar-refractivity contribution in [2.24, 2.45) is 5.10 Å². The molecule has 1 aliphatic heterocycles. The van der Waals surface area contributed by atoms with Crippen LogP contribution in [0.3, 0.4) is 0 Å². The van der Waals surface area contributed by atoms with Crippen LogP contribution in [0.15, 0.2) is 47.6 Å². The number of anilines is 1. The van der Waals surface area contributed by atoms with Gasteiger partial charge in [-0.1, -0.05) is 11.6 Å². The summed E-state index contributed by atoms with van der Waals surface area (Å²) < 4.78 is 2.15. The third kappa shape index (κ3) is 2.78. The van der Waals surface area contributed by atoms with Gasteiger partial charge in [0.05, 0.1) is 11.1 Å². The van der Waals surface area contributed by atoms with Crippen molar-refractivity contribution in [3.63, 3.8) is 0 Å². The Hall–Kier alpha value is -2.33. The maximum Gasteiger partial charge on any atom is 0.212 e. The molecule has 124 valence electrons. The minimum atomic E-state index is -0.172. The van der Waals surface area contributed by atoms with Crippen molar-refractivity contribution >= 4 is 34.9 Å². The van der Waals surface area contributed by atoms with Crippen LogP contribution in [0.1, 0.15) is 19.4 Å². The van der Waals surface area contributed by atoms with Gasteiger partial charge in [-0.25, -0.2) is 0 Å². The molecule has 0 aliphatic carbocycles. The fourth-order valence-corrected chi connectivity index (χ4v) is 3.28. The lowest BCUT2D eigenvalue weighted by Crippen LogP contribution is -2.30.